The Balaban J connectivity index is 1.65. The van der Waals surface area contributed by atoms with Crippen molar-refractivity contribution in [1.82, 2.24) is 20.9 Å². The molecule has 0 heterocycles. The average molecular weight is 631 g/mol. The molecule has 4 unspecified atom stereocenters. The zero-order valence-corrected chi connectivity index (χ0v) is 31.5. The summed E-state index contributed by atoms with van der Waals surface area (Å²) in [6, 6.07) is 0.0621. The molecule has 3 aliphatic carbocycles. The second-order valence-electron chi connectivity index (χ2n) is 16.8. The number of likely N-dealkylation sites (N-methyl/N-ethyl adjacent to an activating group) is 1. The van der Waals surface area contributed by atoms with Crippen molar-refractivity contribution in [2.45, 2.75) is 125 Å². The predicted molar refractivity (Wildman–Crippen MR) is 201 cm³/mol. The molecular formula is C42H70N4. The lowest BCUT2D eigenvalue weighted by Gasteiger charge is -2.46. The highest BCUT2D eigenvalue weighted by Crippen LogP contribution is 2.63. The molecule has 3 N–H and O–H groups in total. The molecule has 4 heteroatoms. The van der Waals surface area contributed by atoms with Gasteiger partial charge in [0.25, 0.3) is 0 Å². The van der Waals surface area contributed by atoms with Gasteiger partial charge in [-0.3, -0.25) is 0 Å². The maximum atomic E-state index is 4.70. The third kappa shape index (κ3) is 9.72. The van der Waals surface area contributed by atoms with E-state index in [1.54, 1.807) is 0 Å². The van der Waals surface area contributed by atoms with Crippen molar-refractivity contribution >= 4 is 0 Å². The largest absolute Gasteiger partial charge is 0.389 e. The lowest BCUT2D eigenvalue weighted by molar-refractivity contribution is 0.160. The smallest absolute Gasteiger partial charge is 0.0922 e. The van der Waals surface area contributed by atoms with E-state index in [0.29, 0.717) is 23.7 Å². The molecule has 4 nitrogen and oxygen atoms in total. The summed E-state index contributed by atoms with van der Waals surface area (Å²) < 4.78 is 0. The van der Waals surface area contributed by atoms with E-state index in [0.717, 1.165) is 36.9 Å². The lowest BCUT2D eigenvalue weighted by Crippen LogP contribution is -2.56. The number of allylic oxidation sites excluding steroid dienone is 6. The van der Waals surface area contributed by atoms with E-state index in [4.69, 9.17) is 6.58 Å². The summed E-state index contributed by atoms with van der Waals surface area (Å²) in [7, 11) is 2.23. The van der Waals surface area contributed by atoms with Gasteiger partial charge in [0.15, 0.2) is 0 Å². The predicted octanol–water partition coefficient (Wildman–Crippen LogP) is 9.88. The van der Waals surface area contributed by atoms with Crippen LogP contribution in [0.2, 0.25) is 0 Å². The highest BCUT2D eigenvalue weighted by molar-refractivity contribution is 5.30. The van der Waals surface area contributed by atoms with Crippen LogP contribution in [0, 0.1) is 40.4 Å². The van der Waals surface area contributed by atoms with Gasteiger partial charge < -0.3 is 20.9 Å². The van der Waals surface area contributed by atoms with Crippen molar-refractivity contribution in [3.05, 3.63) is 78.6 Å². The molecular weight excluding hydrogens is 560 g/mol. The first-order valence-electron chi connectivity index (χ1n) is 18.4. The first kappa shape index (κ1) is 37.9. The van der Waals surface area contributed by atoms with Crippen LogP contribution in [0.1, 0.15) is 114 Å². The molecule has 0 saturated heterocycles. The SMILES string of the molecule is C=C(NC(C(=C)N(C)C[C@H]1[C@@H](C(C)C(=C)NCCC(C)CC)C1(C)C)C(C)(C)C)NC1(C(C)CC2=CC=C=CC=C2)CCCCC1. The Morgan fingerprint density at radius 3 is 2.37 bits per heavy atom. The van der Waals surface area contributed by atoms with Crippen LogP contribution in [0.25, 0.3) is 0 Å². The van der Waals surface area contributed by atoms with Gasteiger partial charge in [0.05, 0.1) is 11.9 Å². The van der Waals surface area contributed by atoms with Crippen LogP contribution in [0.15, 0.2) is 78.6 Å². The molecule has 0 spiro atoms. The summed E-state index contributed by atoms with van der Waals surface area (Å²) in [4.78, 5) is 2.42. The van der Waals surface area contributed by atoms with Crippen LogP contribution >= 0.6 is 0 Å². The highest BCUT2D eigenvalue weighted by Gasteiger charge is 2.60. The van der Waals surface area contributed by atoms with Gasteiger partial charge in [-0.25, -0.2) is 0 Å². The molecule has 0 bridgehead atoms. The molecule has 0 aromatic heterocycles. The fraction of sp³-hybridized carbons (Fsp3) is 0.690. The van der Waals surface area contributed by atoms with E-state index >= 15 is 0 Å². The molecule has 0 aliphatic heterocycles. The summed E-state index contributed by atoms with van der Waals surface area (Å²) in [5, 5.41) is 11.5. The standard InChI is InChI=1S/C42H70N4/c1-14-30(2)24-27-43-33(5)32(4)38-37(41(38,11)12)29-46(13)34(6)39(40(8,9)10)44-35(7)45-42(25-20-17-21-26-42)31(3)28-36-22-18-15-16-19-23-36/h15,18-19,22-23,30-32,37-39,43-45H,5-7,14,17,20-21,24-29H2,1-4,8-13H3/t30?,31?,32?,37-,38+,39?/m0/s1. The van der Waals surface area contributed by atoms with Crippen LogP contribution in [0.3, 0.4) is 0 Å². The Bertz CT molecular complexity index is 1180. The van der Waals surface area contributed by atoms with Crippen LogP contribution < -0.4 is 16.0 Å². The Morgan fingerprint density at radius 2 is 1.74 bits per heavy atom. The van der Waals surface area contributed by atoms with Crippen molar-refractivity contribution in [2.24, 2.45) is 40.4 Å². The fourth-order valence-corrected chi connectivity index (χ4v) is 8.23. The Labute approximate surface area is 284 Å². The molecule has 3 rings (SSSR count). The number of nitrogens with zero attached hydrogens (tertiary/aromatic N) is 1. The van der Waals surface area contributed by atoms with Crippen molar-refractivity contribution in [3.8, 4) is 0 Å². The number of nitrogens with one attached hydrogen (secondary N) is 3. The average Bonchev–Trinajstić information content (AvgIpc) is 3.63. The fourth-order valence-electron chi connectivity index (χ4n) is 8.23. The topological polar surface area (TPSA) is 39.3 Å². The highest BCUT2D eigenvalue weighted by atomic mass is 15.2. The minimum atomic E-state index is -0.0316. The molecule has 6 atom stereocenters. The van der Waals surface area contributed by atoms with Crippen LogP contribution in [0.5, 0.6) is 0 Å². The summed E-state index contributed by atoms with van der Waals surface area (Å²) >= 11 is 0. The zero-order valence-electron chi connectivity index (χ0n) is 31.5. The second-order valence-corrected chi connectivity index (χ2v) is 16.8. The molecule has 2 saturated carbocycles. The van der Waals surface area contributed by atoms with Crippen LogP contribution in [0.4, 0.5) is 0 Å². The molecule has 0 amide bonds. The van der Waals surface area contributed by atoms with E-state index < -0.39 is 0 Å². The summed E-state index contributed by atoms with van der Waals surface area (Å²) in [6.45, 7) is 37.0. The lowest BCUT2D eigenvalue weighted by atomic mass is 9.71. The zero-order chi connectivity index (χ0) is 34.3. The first-order chi connectivity index (χ1) is 21.5. The van der Waals surface area contributed by atoms with E-state index in [-0.39, 0.29) is 22.4 Å². The van der Waals surface area contributed by atoms with E-state index in [1.165, 1.54) is 56.2 Å². The summed E-state index contributed by atoms with van der Waals surface area (Å²) in [5.74, 6) is 3.81. The first-order valence-corrected chi connectivity index (χ1v) is 18.4. The van der Waals surface area contributed by atoms with Crippen LogP contribution in [-0.2, 0) is 0 Å². The number of hydrogen-bond acceptors (Lipinski definition) is 4. The monoisotopic (exact) mass is 631 g/mol. The Hall–Kier alpha value is -2.58. The van der Waals surface area contributed by atoms with Gasteiger partial charge in [-0.05, 0) is 83.8 Å². The van der Waals surface area contributed by atoms with E-state index in [9.17, 15) is 0 Å². The van der Waals surface area contributed by atoms with E-state index in [1.807, 2.05) is 12.2 Å². The van der Waals surface area contributed by atoms with Gasteiger partial charge in [-0.1, -0.05) is 126 Å². The second kappa shape index (κ2) is 16.0. The molecule has 0 aromatic carbocycles. The molecule has 46 heavy (non-hydrogen) atoms. The maximum absolute atomic E-state index is 4.70. The maximum Gasteiger partial charge on any atom is 0.0922 e. The Kier molecular flexibility index (Phi) is 13.2. The van der Waals surface area contributed by atoms with Gasteiger partial charge >= 0.3 is 0 Å². The molecule has 0 aromatic rings. The minimum Gasteiger partial charge on any atom is -0.389 e. The molecule has 3 aliphatic rings. The summed E-state index contributed by atoms with van der Waals surface area (Å²) in [6.07, 6.45) is 20.2. The summed E-state index contributed by atoms with van der Waals surface area (Å²) in [5.41, 5.74) is 7.18. The number of hydrogen-bond donors (Lipinski definition) is 3. The van der Waals surface area contributed by atoms with Crippen LogP contribution in [-0.4, -0.2) is 36.6 Å². The van der Waals surface area contributed by atoms with Crippen molar-refractivity contribution < 1.29 is 0 Å². The van der Waals surface area contributed by atoms with Crippen molar-refractivity contribution in [1.29, 1.82) is 0 Å². The molecule has 2 fully saturated rings. The van der Waals surface area contributed by atoms with Gasteiger partial charge in [-0.2, -0.15) is 0 Å². The quantitative estimate of drug-likeness (QED) is 0.132. The van der Waals surface area contributed by atoms with Crippen molar-refractivity contribution in [3.63, 3.8) is 0 Å². The normalized spacial score (nSPS) is 24.1. The third-order valence-electron chi connectivity index (χ3n) is 11.9. The van der Waals surface area contributed by atoms with Gasteiger partial charge in [0, 0.05) is 37.1 Å². The van der Waals surface area contributed by atoms with Gasteiger partial charge in [0.1, 0.15) is 0 Å². The van der Waals surface area contributed by atoms with E-state index in [2.05, 4.69) is 127 Å². The minimum absolute atomic E-state index is 0.0303. The number of rotatable bonds is 18. The Morgan fingerprint density at radius 1 is 1.07 bits per heavy atom. The molecule has 0 radical (unpaired) electrons. The molecule has 258 valence electrons. The van der Waals surface area contributed by atoms with Gasteiger partial charge in [0.2, 0.25) is 0 Å². The van der Waals surface area contributed by atoms with Crippen molar-refractivity contribution in [2.75, 3.05) is 20.1 Å². The third-order valence-corrected chi connectivity index (χ3v) is 11.9. The van der Waals surface area contributed by atoms with Gasteiger partial charge in [-0.15, -0.1) is 5.73 Å².